The van der Waals surface area contributed by atoms with Gasteiger partial charge in [0, 0.05) is 6.07 Å². The molecule has 0 radical (unpaired) electrons. The normalized spacial score (nSPS) is 14.1. The van der Waals surface area contributed by atoms with Gasteiger partial charge < -0.3 is 15.9 Å². The number of carbonyl (C=O) groups is 2. The SMILES string of the molecule is Nc1cc2c(cc1[N+](=O)[O-])C(=O)N(C(CO)CO)C2=O. The number of fused-ring (bicyclic) bond motifs is 1. The minimum absolute atomic E-state index is 0.0787. The molecule has 0 bridgehead atoms. The summed E-state index contributed by atoms with van der Waals surface area (Å²) in [6.45, 7) is -1.22. The van der Waals surface area contributed by atoms with E-state index in [4.69, 9.17) is 15.9 Å². The molecule has 0 aromatic heterocycles. The molecule has 0 spiro atoms. The third-order valence-electron chi connectivity index (χ3n) is 3.05. The highest BCUT2D eigenvalue weighted by molar-refractivity contribution is 6.22. The van der Waals surface area contributed by atoms with E-state index in [0.29, 0.717) is 4.90 Å². The van der Waals surface area contributed by atoms with Crippen LogP contribution in [-0.2, 0) is 0 Å². The second-order valence-corrected chi connectivity index (χ2v) is 4.21. The third kappa shape index (κ3) is 1.89. The predicted molar refractivity (Wildman–Crippen MR) is 66.0 cm³/mol. The standard InChI is InChI=1S/C11H11N3O6/c12-8-1-6-7(2-9(8)14(19)20)11(18)13(10(6)17)5(3-15)4-16/h1-2,5,15-16H,3-4,12H2. The number of carbonyl (C=O) groups excluding carboxylic acids is 2. The largest absolute Gasteiger partial charge is 0.394 e. The van der Waals surface area contributed by atoms with Gasteiger partial charge in [0.2, 0.25) is 0 Å². The number of aliphatic hydroxyl groups is 2. The summed E-state index contributed by atoms with van der Waals surface area (Å²) in [5.41, 5.74) is 4.51. The molecule has 1 aromatic rings. The molecule has 9 nitrogen and oxygen atoms in total. The molecule has 1 aromatic carbocycles. The zero-order valence-corrected chi connectivity index (χ0v) is 10.1. The number of anilines is 1. The molecule has 0 fully saturated rings. The molecule has 2 amide bonds. The van der Waals surface area contributed by atoms with Crippen molar-refractivity contribution in [1.82, 2.24) is 4.90 Å². The van der Waals surface area contributed by atoms with Crippen LogP contribution in [0.4, 0.5) is 11.4 Å². The minimum atomic E-state index is -1.09. The Balaban J connectivity index is 2.54. The van der Waals surface area contributed by atoms with Crippen LogP contribution in [0.3, 0.4) is 0 Å². The molecular weight excluding hydrogens is 270 g/mol. The van der Waals surface area contributed by atoms with E-state index in [0.717, 1.165) is 12.1 Å². The van der Waals surface area contributed by atoms with Crippen molar-refractivity contribution in [1.29, 1.82) is 0 Å². The lowest BCUT2D eigenvalue weighted by atomic mass is 10.1. The van der Waals surface area contributed by atoms with Gasteiger partial charge in [-0.25, -0.2) is 0 Å². The van der Waals surface area contributed by atoms with Crippen molar-refractivity contribution in [2.75, 3.05) is 18.9 Å². The quantitative estimate of drug-likeness (QED) is 0.281. The fourth-order valence-electron chi connectivity index (χ4n) is 2.02. The van der Waals surface area contributed by atoms with Crippen molar-refractivity contribution < 1.29 is 24.7 Å². The smallest absolute Gasteiger partial charge is 0.292 e. The van der Waals surface area contributed by atoms with Crippen molar-refractivity contribution in [2.45, 2.75) is 6.04 Å². The first kappa shape index (κ1) is 13.9. The lowest BCUT2D eigenvalue weighted by Gasteiger charge is -2.21. The Kier molecular flexibility index (Phi) is 3.38. The van der Waals surface area contributed by atoms with Crippen LogP contribution in [-0.4, -0.2) is 51.1 Å². The number of hydrogen-bond donors (Lipinski definition) is 3. The van der Waals surface area contributed by atoms with Crippen LogP contribution >= 0.6 is 0 Å². The molecule has 0 aliphatic carbocycles. The Hall–Kier alpha value is -2.52. The maximum absolute atomic E-state index is 12.1. The zero-order valence-electron chi connectivity index (χ0n) is 10.1. The van der Waals surface area contributed by atoms with Crippen molar-refractivity contribution in [3.05, 3.63) is 33.4 Å². The Morgan fingerprint density at radius 2 is 1.70 bits per heavy atom. The van der Waals surface area contributed by atoms with Gasteiger partial charge in [0.15, 0.2) is 0 Å². The van der Waals surface area contributed by atoms with Crippen molar-refractivity contribution in [3.8, 4) is 0 Å². The summed E-state index contributed by atoms with van der Waals surface area (Å²) in [7, 11) is 0. The molecule has 2 rings (SSSR count). The summed E-state index contributed by atoms with van der Waals surface area (Å²) in [4.78, 5) is 34.8. The van der Waals surface area contributed by atoms with E-state index in [1.54, 1.807) is 0 Å². The molecule has 0 unspecified atom stereocenters. The first-order valence-electron chi connectivity index (χ1n) is 5.59. The van der Waals surface area contributed by atoms with Gasteiger partial charge in [0.1, 0.15) is 5.69 Å². The third-order valence-corrected chi connectivity index (χ3v) is 3.05. The van der Waals surface area contributed by atoms with Crippen LogP contribution in [0.5, 0.6) is 0 Å². The highest BCUT2D eigenvalue weighted by Gasteiger charge is 2.41. The number of nitrogens with two attached hydrogens (primary N) is 1. The number of hydrogen-bond acceptors (Lipinski definition) is 7. The summed E-state index contributed by atoms with van der Waals surface area (Å²) in [5.74, 6) is -1.55. The Morgan fingerprint density at radius 1 is 1.20 bits per heavy atom. The number of aliphatic hydroxyl groups excluding tert-OH is 2. The van der Waals surface area contributed by atoms with Crippen LogP contribution in [0.1, 0.15) is 20.7 Å². The van der Waals surface area contributed by atoms with Crippen LogP contribution in [0.15, 0.2) is 12.1 Å². The predicted octanol–water partition coefficient (Wildman–Crippen LogP) is -0.874. The summed E-state index contributed by atoms with van der Waals surface area (Å²) >= 11 is 0. The fraction of sp³-hybridized carbons (Fsp3) is 0.273. The lowest BCUT2D eigenvalue weighted by molar-refractivity contribution is -0.383. The number of rotatable bonds is 4. The molecule has 20 heavy (non-hydrogen) atoms. The zero-order chi connectivity index (χ0) is 15.0. The summed E-state index contributed by atoms with van der Waals surface area (Å²) in [6.07, 6.45) is 0. The van der Waals surface area contributed by atoms with E-state index < -0.39 is 41.7 Å². The molecule has 1 aliphatic rings. The van der Waals surface area contributed by atoms with Crippen molar-refractivity contribution in [3.63, 3.8) is 0 Å². The molecular formula is C11H11N3O6. The maximum atomic E-state index is 12.1. The fourth-order valence-corrected chi connectivity index (χ4v) is 2.02. The Bertz CT molecular complexity index is 610. The Labute approximate surface area is 112 Å². The molecule has 1 heterocycles. The van der Waals surface area contributed by atoms with Crippen molar-refractivity contribution in [2.24, 2.45) is 0 Å². The Morgan fingerprint density at radius 3 is 2.15 bits per heavy atom. The number of imide groups is 1. The molecule has 0 saturated heterocycles. The van der Waals surface area contributed by atoms with Gasteiger partial charge in [0.25, 0.3) is 17.5 Å². The monoisotopic (exact) mass is 281 g/mol. The molecule has 0 atom stereocenters. The average Bonchev–Trinajstić information content (AvgIpc) is 2.64. The maximum Gasteiger partial charge on any atom is 0.292 e. The number of nitro benzene ring substituents is 1. The first-order valence-corrected chi connectivity index (χ1v) is 5.59. The van der Waals surface area contributed by atoms with Gasteiger partial charge in [-0.15, -0.1) is 0 Å². The number of amides is 2. The molecule has 0 saturated carbocycles. The highest BCUT2D eigenvalue weighted by atomic mass is 16.6. The van der Waals surface area contributed by atoms with Gasteiger partial charge in [-0.1, -0.05) is 0 Å². The van der Waals surface area contributed by atoms with Crippen molar-refractivity contribution >= 4 is 23.2 Å². The van der Waals surface area contributed by atoms with Crippen LogP contribution in [0, 0.1) is 10.1 Å². The second kappa shape index (κ2) is 4.87. The average molecular weight is 281 g/mol. The van der Waals surface area contributed by atoms with E-state index in [1.165, 1.54) is 0 Å². The van der Waals surface area contributed by atoms with Gasteiger partial charge >= 0.3 is 0 Å². The lowest BCUT2D eigenvalue weighted by Crippen LogP contribution is -2.44. The summed E-state index contributed by atoms with van der Waals surface area (Å²) in [6, 6.07) is 0.888. The summed E-state index contributed by atoms with van der Waals surface area (Å²) in [5, 5.41) is 28.9. The van der Waals surface area contributed by atoms with E-state index in [2.05, 4.69) is 0 Å². The van der Waals surface area contributed by atoms with E-state index in [1.807, 2.05) is 0 Å². The number of nitrogen functional groups attached to an aromatic ring is 1. The summed E-state index contributed by atoms with van der Waals surface area (Å²) < 4.78 is 0. The minimum Gasteiger partial charge on any atom is -0.394 e. The second-order valence-electron chi connectivity index (χ2n) is 4.21. The molecule has 9 heteroatoms. The van der Waals surface area contributed by atoms with E-state index in [-0.39, 0.29) is 16.8 Å². The van der Waals surface area contributed by atoms with Crippen LogP contribution < -0.4 is 5.73 Å². The highest BCUT2D eigenvalue weighted by Crippen LogP contribution is 2.32. The first-order chi connectivity index (χ1) is 9.42. The van der Waals surface area contributed by atoms with E-state index in [9.17, 15) is 19.7 Å². The topological polar surface area (TPSA) is 147 Å². The van der Waals surface area contributed by atoms with Gasteiger partial charge in [-0.3, -0.25) is 24.6 Å². The van der Waals surface area contributed by atoms with Crippen LogP contribution in [0.2, 0.25) is 0 Å². The number of nitrogens with zero attached hydrogens (tertiary/aromatic N) is 2. The molecule has 106 valence electrons. The molecule has 4 N–H and O–H groups in total. The van der Waals surface area contributed by atoms with E-state index >= 15 is 0 Å². The molecule has 1 aliphatic heterocycles. The van der Waals surface area contributed by atoms with Gasteiger partial charge in [-0.2, -0.15) is 0 Å². The number of nitro groups is 1. The van der Waals surface area contributed by atoms with Gasteiger partial charge in [-0.05, 0) is 6.07 Å². The van der Waals surface area contributed by atoms with Gasteiger partial charge in [0.05, 0.1) is 35.3 Å². The van der Waals surface area contributed by atoms with Crippen LogP contribution in [0.25, 0.3) is 0 Å². The number of benzene rings is 1.